The maximum Gasteiger partial charge on any atom is 0.319 e. The Hall–Kier alpha value is -1.58. The highest BCUT2D eigenvalue weighted by Gasteiger charge is 2.26. The molecular weight excluding hydrogens is 1230 g/mol. The minimum absolute atomic E-state index is 0.0156. The number of cyclic esters (lactones) is 1. The van der Waals surface area contributed by atoms with E-state index in [-0.39, 0.29) is 24.5 Å². The van der Waals surface area contributed by atoms with Crippen molar-refractivity contribution < 1.29 is 52.2 Å². The Bertz CT molecular complexity index is 1720. The number of rotatable bonds is 18. The Morgan fingerprint density at radius 2 is 0.755 bits per heavy atom. The lowest BCUT2D eigenvalue weighted by molar-refractivity contribution is -0.147. The molecule has 0 aromatic rings. The van der Waals surface area contributed by atoms with E-state index in [2.05, 4.69) is 198 Å². The maximum atomic E-state index is 10.8. The van der Waals surface area contributed by atoms with Crippen molar-refractivity contribution in [2.24, 2.45) is 53.3 Å². The molecule has 0 saturated carbocycles. The van der Waals surface area contributed by atoms with Gasteiger partial charge in [0.05, 0.1) is 102 Å². The first-order valence-electron chi connectivity index (χ1n) is 40.3. The molecule has 9 saturated heterocycles. The van der Waals surface area contributed by atoms with Crippen molar-refractivity contribution in [3.63, 3.8) is 0 Å². The molecule has 9 heterocycles. The van der Waals surface area contributed by atoms with Crippen LogP contribution in [0.4, 0.5) is 0 Å². The molecule has 0 aromatic heterocycles. The molecule has 9 rings (SSSR count). The Labute approximate surface area is 605 Å². The van der Waals surface area contributed by atoms with Crippen LogP contribution < -0.4 is 31.9 Å². The van der Waals surface area contributed by atoms with Gasteiger partial charge in [0.1, 0.15) is 13.2 Å². The van der Waals surface area contributed by atoms with Crippen LogP contribution in [0.5, 0.6) is 0 Å². The van der Waals surface area contributed by atoms with Crippen molar-refractivity contribution in [3.05, 3.63) is 0 Å². The Balaban J connectivity index is 0.000000551. The number of ether oxygens (including phenoxy) is 9. The predicted octanol–water partition coefficient (Wildman–Crippen LogP) is 15.3. The van der Waals surface area contributed by atoms with Crippen LogP contribution in [0.15, 0.2) is 0 Å². The van der Waals surface area contributed by atoms with Crippen LogP contribution in [0.2, 0.25) is 0 Å². The van der Waals surface area contributed by atoms with Crippen LogP contribution in [0, 0.1) is 53.3 Å². The van der Waals surface area contributed by atoms with Gasteiger partial charge in [-0.15, -0.1) is 0 Å². The van der Waals surface area contributed by atoms with Crippen molar-refractivity contribution in [3.8, 4) is 0 Å². The van der Waals surface area contributed by atoms with E-state index in [0.717, 1.165) is 114 Å². The van der Waals surface area contributed by atoms with E-state index >= 15 is 0 Å². The van der Waals surface area contributed by atoms with Crippen LogP contribution in [-0.4, -0.2) is 189 Å². The van der Waals surface area contributed by atoms with E-state index in [9.17, 15) is 9.59 Å². The third-order valence-corrected chi connectivity index (χ3v) is 18.3. The molecule has 0 spiro atoms. The van der Waals surface area contributed by atoms with Crippen LogP contribution in [-0.2, 0) is 52.2 Å². The Morgan fingerprint density at radius 3 is 1.10 bits per heavy atom. The molecule has 1 amide bonds. The highest BCUT2D eigenvalue weighted by molar-refractivity contribution is 5.78. The molecule has 584 valence electrons. The van der Waals surface area contributed by atoms with Crippen molar-refractivity contribution in [1.82, 2.24) is 31.9 Å². The van der Waals surface area contributed by atoms with Crippen molar-refractivity contribution in [2.75, 3.05) is 85.7 Å². The molecule has 17 nitrogen and oxygen atoms in total. The fourth-order valence-corrected chi connectivity index (χ4v) is 14.0. The molecule has 0 radical (unpaired) electrons. The zero-order chi connectivity index (χ0) is 73.5. The van der Waals surface area contributed by atoms with Gasteiger partial charge in [-0.1, -0.05) is 125 Å². The summed E-state index contributed by atoms with van der Waals surface area (Å²) in [5.74, 6) is 6.56. The minimum atomic E-state index is -0.134. The summed E-state index contributed by atoms with van der Waals surface area (Å²) in [6, 6.07) is 3.98. The van der Waals surface area contributed by atoms with Crippen molar-refractivity contribution >= 4 is 11.9 Å². The van der Waals surface area contributed by atoms with Gasteiger partial charge < -0.3 is 74.5 Å². The molecule has 9 fully saturated rings. The third kappa shape index (κ3) is 53.2. The first-order chi connectivity index (χ1) is 46.3. The fraction of sp³-hybridized carbons (Fsp3) is 0.975. The monoisotopic (exact) mass is 1400 g/mol. The van der Waals surface area contributed by atoms with Crippen molar-refractivity contribution in [1.29, 1.82) is 0 Å². The van der Waals surface area contributed by atoms with Gasteiger partial charge in [-0.05, 0) is 210 Å². The molecule has 0 aromatic carbocycles. The zero-order valence-corrected chi connectivity index (χ0v) is 68.3. The van der Waals surface area contributed by atoms with E-state index in [4.69, 9.17) is 42.6 Å². The average Bonchev–Trinajstić information content (AvgIpc) is 1.39. The fourth-order valence-electron chi connectivity index (χ4n) is 14.0. The molecular formula is C81H164N6O11. The van der Waals surface area contributed by atoms with E-state index in [1.54, 1.807) is 0 Å². The number of esters is 1. The van der Waals surface area contributed by atoms with E-state index < -0.39 is 0 Å². The Morgan fingerprint density at radius 1 is 0.367 bits per heavy atom. The second kappa shape index (κ2) is 56.8. The van der Waals surface area contributed by atoms with Crippen LogP contribution in [0.25, 0.3) is 0 Å². The molecule has 0 unspecified atom stereocenters. The summed E-state index contributed by atoms with van der Waals surface area (Å²) < 4.78 is 49.1. The lowest BCUT2D eigenvalue weighted by atomic mass is 9.97. The third-order valence-electron chi connectivity index (χ3n) is 18.3. The summed E-state index contributed by atoms with van der Waals surface area (Å²) in [6.07, 6.45) is 25.9. The summed E-state index contributed by atoms with van der Waals surface area (Å²) >= 11 is 0. The molecule has 6 N–H and O–H groups in total. The van der Waals surface area contributed by atoms with Gasteiger partial charge in [-0.25, -0.2) is 0 Å². The summed E-state index contributed by atoms with van der Waals surface area (Å²) in [5, 5.41) is 20.0. The molecule has 9 aliphatic heterocycles. The van der Waals surface area contributed by atoms with E-state index in [1.165, 1.54) is 103 Å². The molecule has 98 heavy (non-hydrogen) atoms. The average molecular weight is 1400 g/mol. The summed E-state index contributed by atoms with van der Waals surface area (Å²) in [6.45, 7) is 63.3. The van der Waals surface area contributed by atoms with Gasteiger partial charge in [0.15, 0.2) is 0 Å². The number of carbonyl (C=O) groups is 2. The first-order valence-corrected chi connectivity index (χ1v) is 40.3. The van der Waals surface area contributed by atoms with Crippen LogP contribution in [0.1, 0.15) is 282 Å². The summed E-state index contributed by atoms with van der Waals surface area (Å²) in [5.41, 5.74) is 0. The van der Waals surface area contributed by atoms with Crippen LogP contribution in [0.3, 0.4) is 0 Å². The van der Waals surface area contributed by atoms with E-state index in [1.807, 2.05) is 0 Å². The van der Waals surface area contributed by atoms with Crippen molar-refractivity contribution in [2.45, 2.75) is 373 Å². The quantitative estimate of drug-likeness (QED) is 0.0710. The van der Waals surface area contributed by atoms with Gasteiger partial charge in [-0.2, -0.15) is 0 Å². The highest BCUT2D eigenvalue weighted by atomic mass is 16.5. The lowest BCUT2D eigenvalue weighted by Crippen LogP contribution is -2.47. The van der Waals surface area contributed by atoms with E-state index in [0.29, 0.717) is 117 Å². The van der Waals surface area contributed by atoms with Crippen LogP contribution >= 0.6 is 0 Å². The first kappa shape index (κ1) is 94.4. The number of hydrogen-bond donors (Lipinski definition) is 6. The Kier molecular flexibility index (Phi) is 54.7. The molecule has 9 aliphatic rings. The van der Waals surface area contributed by atoms with Gasteiger partial charge in [-0.3, -0.25) is 9.59 Å². The number of nitrogens with one attached hydrogen (secondary N) is 6. The van der Waals surface area contributed by atoms with Gasteiger partial charge in [0.25, 0.3) is 0 Å². The SMILES string of the molecule is CC(C)C[C@@H]1NCCO[C@@H]1C.CC(C)C[C@@H]1NCCO[C@H]1C.CC(C)C[C@H]1CCCCO1.CC(C)C[C@H]1CCC[C@@H](C)O1.CC(C)C[C@H]1CCC[C@H](C)O1.CC(C)C[C@H]1COC(=O)CN1.CC(C)C[C@H]1COCC(=O)N1.CC(C)C[C@H]1COC[C@@H](C)N1.CC(C)C[C@H]1COC[C@H](C)N1. The number of hydrogen-bond acceptors (Lipinski definition) is 16. The van der Waals surface area contributed by atoms with Gasteiger partial charge >= 0.3 is 5.97 Å². The molecule has 0 bridgehead atoms. The molecule has 0 aliphatic carbocycles. The van der Waals surface area contributed by atoms with Gasteiger partial charge in [0.2, 0.25) is 5.91 Å². The number of morpholine rings is 6. The zero-order valence-electron chi connectivity index (χ0n) is 68.3. The standard InChI is InChI=1S/2C10H20O.4C9H19NO.C9H18O.2C8H15NO2/c2*1-8(2)7-10-6-4-5-9(3)11-10;2*1-7(2)4-9-6-11-5-8(3)10-9;2*1-7(2)6-9-8(3)11-5-4-10-9;1-8(2)7-9-5-3-4-6-10-9;1-6(2)3-7-5-11-8(10)4-9-7;1-6(2)3-7-4-11-5-8(10)9-7/h2*8-10H,4-7H2,1-3H3;4*7-10H,4-6H2,1-3H3;8-9H,3-7H2,1-2H3;6-7,9H,3-5H2,1-2H3;6-7H,3-5H2,1-2H3,(H,9,10)/t9-,10+;9-,10-;8-,9+;8-,9-;8-,9+;8-,9-;9-;2*7-/m011010100/s1. The maximum absolute atomic E-state index is 10.8. The second-order valence-corrected chi connectivity index (χ2v) is 34.1. The summed E-state index contributed by atoms with van der Waals surface area (Å²) in [7, 11) is 0. The lowest BCUT2D eigenvalue weighted by Gasteiger charge is -2.31. The normalized spacial score (nSPS) is 30.5. The molecule has 15 atom stereocenters. The predicted molar refractivity (Wildman–Crippen MR) is 409 cm³/mol. The number of carbonyl (C=O) groups excluding carboxylic acids is 2. The van der Waals surface area contributed by atoms with Gasteiger partial charge in [0, 0.05) is 62.0 Å². The topological polar surface area (TPSA) is 189 Å². The minimum Gasteiger partial charge on any atom is -0.463 e. The number of amides is 1. The second-order valence-electron chi connectivity index (χ2n) is 34.1. The summed E-state index contributed by atoms with van der Waals surface area (Å²) in [4.78, 5) is 21.4. The highest BCUT2D eigenvalue weighted by Crippen LogP contribution is 2.25. The smallest absolute Gasteiger partial charge is 0.319 e. The molecule has 17 heteroatoms. The largest absolute Gasteiger partial charge is 0.463 e.